The Labute approximate surface area is 128 Å². The molecule has 0 saturated carbocycles. The van der Waals surface area contributed by atoms with Crippen LogP contribution >= 0.6 is 0 Å². The fourth-order valence-corrected chi connectivity index (χ4v) is 2.63. The molecule has 0 radical (unpaired) electrons. The maximum atomic E-state index is 12.6. The minimum atomic E-state index is -0.510. The van der Waals surface area contributed by atoms with Crippen molar-refractivity contribution in [1.82, 2.24) is 0 Å². The molecule has 5 heteroatoms. The van der Waals surface area contributed by atoms with Crippen LogP contribution in [0.25, 0.3) is 0 Å². The van der Waals surface area contributed by atoms with E-state index in [9.17, 15) is 14.7 Å². The number of phenolic OH excluding ortho intramolecular Hbond substituents is 1. The quantitative estimate of drug-likeness (QED) is 0.882. The first-order valence-corrected chi connectivity index (χ1v) is 7.01. The third kappa shape index (κ3) is 2.41. The van der Waals surface area contributed by atoms with E-state index in [0.717, 1.165) is 5.69 Å². The van der Waals surface area contributed by atoms with Gasteiger partial charge in [-0.3, -0.25) is 9.59 Å². The predicted molar refractivity (Wildman–Crippen MR) is 83.8 cm³/mol. The van der Waals surface area contributed by atoms with Crippen molar-refractivity contribution < 1.29 is 14.7 Å². The van der Waals surface area contributed by atoms with E-state index in [4.69, 9.17) is 0 Å². The van der Waals surface area contributed by atoms with Crippen LogP contribution in [0.15, 0.2) is 54.6 Å². The third-order valence-corrected chi connectivity index (χ3v) is 3.86. The first-order valence-electron chi connectivity index (χ1n) is 7.01. The molecule has 5 nitrogen and oxygen atoms in total. The molecule has 1 N–H and O–H groups in total. The number of phenols is 1. The van der Waals surface area contributed by atoms with Crippen molar-refractivity contribution in [3.05, 3.63) is 54.6 Å². The van der Waals surface area contributed by atoms with Crippen LogP contribution < -0.4 is 9.80 Å². The van der Waals surface area contributed by atoms with Crippen LogP contribution in [-0.2, 0) is 9.59 Å². The molecule has 1 aliphatic heterocycles. The Kier molecular flexibility index (Phi) is 3.55. The highest BCUT2D eigenvalue weighted by Crippen LogP contribution is 2.28. The zero-order valence-electron chi connectivity index (χ0n) is 12.1. The number of imide groups is 1. The SMILES string of the molecule is CN(c1ccccc1)C1CC(=O)N(c2ccc(O)cc2)C1=O. The van der Waals surface area contributed by atoms with Gasteiger partial charge in [0.25, 0.3) is 5.91 Å². The van der Waals surface area contributed by atoms with Gasteiger partial charge in [-0.05, 0) is 36.4 Å². The molecule has 0 aliphatic carbocycles. The molecular formula is C17H16N2O3. The summed E-state index contributed by atoms with van der Waals surface area (Å²) < 4.78 is 0. The second kappa shape index (κ2) is 5.52. The van der Waals surface area contributed by atoms with E-state index >= 15 is 0 Å². The van der Waals surface area contributed by atoms with Crippen molar-refractivity contribution in [2.75, 3.05) is 16.8 Å². The van der Waals surface area contributed by atoms with Gasteiger partial charge in [-0.25, -0.2) is 4.90 Å². The number of hydrogen-bond donors (Lipinski definition) is 1. The molecule has 22 heavy (non-hydrogen) atoms. The minimum absolute atomic E-state index is 0.0980. The maximum absolute atomic E-state index is 12.6. The van der Waals surface area contributed by atoms with Crippen LogP contribution in [0, 0.1) is 0 Å². The van der Waals surface area contributed by atoms with Crippen LogP contribution in [0.4, 0.5) is 11.4 Å². The molecule has 2 aromatic carbocycles. The smallest absolute Gasteiger partial charge is 0.256 e. The van der Waals surface area contributed by atoms with E-state index in [2.05, 4.69) is 0 Å². The molecule has 0 spiro atoms. The van der Waals surface area contributed by atoms with Crippen molar-refractivity contribution in [2.45, 2.75) is 12.5 Å². The highest BCUT2D eigenvalue weighted by Gasteiger charge is 2.41. The van der Waals surface area contributed by atoms with E-state index in [1.807, 2.05) is 42.3 Å². The highest BCUT2D eigenvalue weighted by atomic mass is 16.3. The standard InChI is InChI=1S/C17H16N2O3/c1-18(12-5-3-2-4-6-12)15-11-16(21)19(17(15)22)13-7-9-14(20)10-8-13/h2-10,15,20H,11H2,1H3. The summed E-state index contributed by atoms with van der Waals surface area (Å²) in [5, 5.41) is 9.32. The van der Waals surface area contributed by atoms with Gasteiger partial charge in [-0.15, -0.1) is 0 Å². The van der Waals surface area contributed by atoms with Gasteiger partial charge in [0.1, 0.15) is 11.8 Å². The number of carbonyl (C=O) groups is 2. The number of hydrogen-bond acceptors (Lipinski definition) is 4. The van der Waals surface area contributed by atoms with Gasteiger partial charge in [0.05, 0.1) is 12.1 Å². The Bertz CT molecular complexity index is 698. The lowest BCUT2D eigenvalue weighted by atomic mass is 10.2. The Morgan fingerprint density at radius 1 is 1.05 bits per heavy atom. The first kappa shape index (κ1) is 14.1. The molecule has 2 amide bonds. The lowest BCUT2D eigenvalue weighted by Crippen LogP contribution is -2.40. The average Bonchev–Trinajstić information content (AvgIpc) is 2.83. The lowest BCUT2D eigenvalue weighted by Gasteiger charge is -2.25. The minimum Gasteiger partial charge on any atom is -0.508 e. The summed E-state index contributed by atoms with van der Waals surface area (Å²) in [7, 11) is 1.81. The van der Waals surface area contributed by atoms with E-state index in [-0.39, 0.29) is 24.0 Å². The Hall–Kier alpha value is -2.82. The van der Waals surface area contributed by atoms with E-state index < -0.39 is 6.04 Å². The molecular weight excluding hydrogens is 280 g/mol. The zero-order valence-corrected chi connectivity index (χ0v) is 12.1. The number of likely N-dealkylation sites (N-methyl/N-ethyl adjacent to an activating group) is 1. The molecule has 1 fully saturated rings. The van der Waals surface area contributed by atoms with Gasteiger partial charge < -0.3 is 10.0 Å². The Morgan fingerprint density at radius 2 is 1.68 bits per heavy atom. The number of benzene rings is 2. The predicted octanol–water partition coefficient (Wildman–Crippen LogP) is 2.16. The topological polar surface area (TPSA) is 60.9 Å². The van der Waals surface area contributed by atoms with Crippen LogP contribution in [0.2, 0.25) is 0 Å². The molecule has 1 heterocycles. The van der Waals surface area contributed by atoms with Crippen LogP contribution in [0.3, 0.4) is 0 Å². The Balaban J connectivity index is 1.87. The number of rotatable bonds is 3. The number of anilines is 2. The van der Waals surface area contributed by atoms with Gasteiger partial charge in [-0.1, -0.05) is 18.2 Å². The first-order chi connectivity index (χ1) is 10.6. The monoisotopic (exact) mass is 296 g/mol. The molecule has 3 rings (SSSR count). The molecule has 1 aliphatic rings. The normalized spacial score (nSPS) is 17.9. The second-order valence-corrected chi connectivity index (χ2v) is 5.25. The summed E-state index contributed by atoms with van der Waals surface area (Å²) in [6.45, 7) is 0. The van der Waals surface area contributed by atoms with Gasteiger partial charge in [0.2, 0.25) is 5.91 Å². The molecule has 0 bridgehead atoms. The van der Waals surface area contributed by atoms with Crippen molar-refractivity contribution in [1.29, 1.82) is 0 Å². The van der Waals surface area contributed by atoms with Crippen molar-refractivity contribution >= 4 is 23.2 Å². The fourth-order valence-electron chi connectivity index (χ4n) is 2.63. The summed E-state index contributed by atoms with van der Waals surface area (Å²) in [5.41, 5.74) is 1.37. The number of para-hydroxylation sites is 1. The third-order valence-electron chi connectivity index (χ3n) is 3.86. The highest BCUT2D eigenvalue weighted by molar-refractivity contribution is 6.23. The van der Waals surface area contributed by atoms with Crippen LogP contribution in [0.1, 0.15) is 6.42 Å². The van der Waals surface area contributed by atoms with Crippen molar-refractivity contribution in [3.8, 4) is 5.75 Å². The summed E-state index contributed by atoms with van der Waals surface area (Å²) >= 11 is 0. The second-order valence-electron chi connectivity index (χ2n) is 5.25. The number of nitrogens with zero attached hydrogens (tertiary/aromatic N) is 2. The van der Waals surface area contributed by atoms with Gasteiger partial charge >= 0.3 is 0 Å². The molecule has 0 aromatic heterocycles. The average molecular weight is 296 g/mol. The molecule has 1 unspecified atom stereocenters. The van der Waals surface area contributed by atoms with Crippen molar-refractivity contribution in [3.63, 3.8) is 0 Å². The number of carbonyl (C=O) groups excluding carboxylic acids is 2. The van der Waals surface area contributed by atoms with E-state index in [1.165, 1.54) is 17.0 Å². The Morgan fingerprint density at radius 3 is 2.32 bits per heavy atom. The summed E-state index contributed by atoms with van der Waals surface area (Å²) in [6.07, 6.45) is 0.144. The van der Waals surface area contributed by atoms with Gasteiger partial charge in [0, 0.05) is 12.7 Å². The van der Waals surface area contributed by atoms with Gasteiger partial charge in [0.15, 0.2) is 0 Å². The molecule has 112 valence electrons. The molecule has 1 saturated heterocycles. The molecule has 2 aromatic rings. The zero-order chi connectivity index (χ0) is 15.7. The number of amides is 2. The van der Waals surface area contributed by atoms with Crippen LogP contribution in [0.5, 0.6) is 5.75 Å². The maximum Gasteiger partial charge on any atom is 0.256 e. The summed E-state index contributed by atoms with van der Waals surface area (Å²) in [5.74, 6) is -0.383. The lowest BCUT2D eigenvalue weighted by molar-refractivity contribution is -0.121. The van der Waals surface area contributed by atoms with Crippen LogP contribution in [-0.4, -0.2) is 30.0 Å². The van der Waals surface area contributed by atoms with E-state index in [0.29, 0.717) is 5.69 Å². The van der Waals surface area contributed by atoms with Crippen molar-refractivity contribution in [2.24, 2.45) is 0 Å². The number of aromatic hydroxyl groups is 1. The molecule has 1 atom stereocenters. The summed E-state index contributed by atoms with van der Waals surface area (Å²) in [6, 6.07) is 15.0. The van der Waals surface area contributed by atoms with E-state index in [1.54, 1.807) is 12.1 Å². The van der Waals surface area contributed by atoms with Gasteiger partial charge in [-0.2, -0.15) is 0 Å². The summed E-state index contributed by atoms with van der Waals surface area (Å²) in [4.78, 5) is 27.9. The largest absolute Gasteiger partial charge is 0.508 e. The fraction of sp³-hybridized carbons (Fsp3) is 0.176.